The van der Waals surface area contributed by atoms with Crippen molar-refractivity contribution in [2.75, 3.05) is 12.9 Å². The van der Waals surface area contributed by atoms with Crippen molar-refractivity contribution in [2.24, 2.45) is 0 Å². The monoisotopic (exact) mass is 216 g/mol. The van der Waals surface area contributed by atoms with Crippen LogP contribution in [0.3, 0.4) is 0 Å². The fourth-order valence-electron chi connectivity index (χ4n) is 1.45. The quantitative estimate of drug-likeness (QED) is 0.713. The van der Waals surface area contributed by atoms with Gasteiger partial charge in [0.1, 0.15) is 5.75 Å². The van der Waals surface area contributed by atoms with Gasteiger partial charge in [0.2, 0.25) is 0 Å². The van der Waals surface area contributed by atoms with Crippen LogP contribution in [0, 0.1) is 0 Å². The van der Waals surface area contributed by atoms with Gasteiger partial charge in [-0.15, -0.1) is 24.2 Å². The molecular weight excluding hydrogens is 204 g/mol. The molecule has 0 radical (unpaired) electrons. The summed E-state index contributed by atoms with van der Waals surface area (Å²) in [6.07, 6.45) is 2.54. The second-order valence-corrected chi connectivity index (χ2v) is 4.06. The molecule has 1 nitrogen and oxygen atoms in total. The van der Waals surface area contributed by atoms with Gasteiger partial charge in [-0.05, 0) is 36.3 Å². The standard InChI is InChI=1S/C10H12OS.ClH/c1-11-9-5-4-8-3-2-6-12-10(8)7-9;/h4-5,7H,2-3,6H2,1H3;1H. The molecule has 2 rings (SSSR count). The van der Waals surface area contributed by atoms with Crippen molar-refractivity contribution in [1.82, 2.24) is 0 Å². The van der Waals surface area contributed by atoms with Crippen LogP contribution in [0.1, 0.15) is 12.0 Å². The summed E-state index contributed by atoms with van der Waals surface area (Å²) < 4.78 is 5.17. The summed E-state index contributed by atoms with van der Waals surface area (Å²) in [5.41, 5.74) is 1.48. The van der Waals surface area contributed by atoms with Crippen LogP contribution in [0.5, 0.6) is 5.75 Å². The minimum Gasteiger partial charge on any atom is -0.497 e. The van der Waals surface area contributed by atoms with Crippen LogP contribution in [0.2, 0.25) is 0 Å². The Morgan fingerprint density at radius 2 is 2.23 bits per heavy atom. The Morgan fingerprint density at radius 1 is 1.38 bits per heavy atom. The van der Waals surface area contributed by atoms with Crippen LogP contribution in [0.4, 0.5) is 0 Å². The highest BCUT2D eigenvalue weighted by atomic mass is 35.5. The third-order valence-corrected chi connectivity index (χ3v) is 3.31. The smallest absolute Gasteiger partial charge is 0.119 e. The summed E-state index contributed by atoms with van der Waals surface area (Å²) in [6.45, 7) is 0. The molecule has 0 bridgehead atoms. The van der Waals surface area contributed by atoms with Crippen molar-refractivity contribution in [1.29, 1.82) is 0 Å². The number of ether oxygens (including phenoxy) is 1. The lowest BCUT2D eigenvalue weighted by molar-refractivity contribution is 0.413. The molecule has 0 aliphatic carbocycles. The molecule has 0 spiro atoms. The predicted octanol–water partition coefficient (Wildman–Crippen LogP) is 3.16. The lowest BCUT2D eigenvalue weighted by Gasteiger charge is -2.15. The number of aryl methyl sites for hydroxylation is 1. The lowest BCUT2D eigenvalue weighted by Crippen LogP contribution is -1.98. The number of thioether (sulfide) groups is 1. The highest BCUT2D eigenvalue weighted by Crippen LogP contribution is 2.32. The van der Waals surface area contributed by atoms with Gasteiger partial charge >= 0.3 is 0 Å². The molecule has 13 heavy (non-hydrogen) atoms. The summed E-state index contributed by atoms with van der Waals surface area (Å²) >= 11 is 1.94. The van der Waals surface area contributed by atoms with Gasteiger partial charge in [-0.25, -0.2) is 0 Å². The van der Waals surface area contributed by atoms with Crippen LogP contribution >= 0.6 is 24.2 Å². The van der Waals surface area contributed by atoms with Crippen molar-refractivity contribution in [3.63, 3.8) is 0 Å². The molecule has 1 aromatic carbocycles. The Bertz CT molecular complexity index is 288. The zero-order valence-electron chi connectivity index (χ0n) is 7.58. The molecule has 0 fully saturated rings. The lowest BCUT2D eigenvalue weighted by atomic mass is 10.1. The normalized spacial score (nSPS) is 14.2. The van der Waals surface area contributed by atoms with Gasteiger partial charge in [0, 0.05) is 4.90 Å². The van der Waals surface area contributed by atoms with Crippen molar-refractivity contribution < 1.29 is 4.74 Å². The fourth-order valence-corrected chi connectivity index (χ4v) is 2.51. The van der Waals surface area contributed by atoms with E-state index in [9.17, 15) is 0 Å². The average Bonchev–Trinajstić information content (AvgIpc) is 2.17. The van der Waals surface area contributed by atoms with E-state index < -0.39 is 0 Å². The van der Waals surface area contributed by atoms with Crippen molar-refractivity contribution in [3.05, 3.63) is 23.8 Å². The highest BCUT2D eigenvalue weighted by molar-refractivity contribution is 7.99. The Kier molecular flexibility index (Phi) is 3.94. The third-order valence-electron chi connectivity index (χ3n) is 2.12. The number of benzene rings is 1. The average molecular weight is 217 g/mol. The Hall–Kier alpha value is -0.340. The number of hydrogen-bond donors (Lipinski definition) is 0. The first-order chi connectivity index (χ1) is 5.90. The number of halogens is 1. The Morgan fingerprint density at radius 3 is 3.00 bits per heavy atom. The van der Waals surface area contributed by atoms with Crippen molar-refractivity contribution in [3.8, 4) is 5.75 Å². The van der Waals surface area contributed by atoms with Gasteiger partial charge in [-0.3, -0.25) is 0 Å². The summed E-state index contributed by atoms with van der Waals surface area (Å²) in [7, 11) is 1.72. The van der Waals surface area contributed by atoms with E-state index in [1.54, 1.807) is 7.11 Å². The second-order valence-electron chi connectivity index (χ2n) is 2.93. The molecule has 1 aliphatic heterocycles. The molecule has 1 heterocycles. The van der Waals surface area contributed by atoms with Gasteiger partial charge in [0.25, 0.3) is 0 Å². The van der Waals surface area contributed by atoms with E-state index in [0.29, 0.717) is 0 Å². The van der Waals surface area contributed by atoms with E-state index in [-0.39, 0.29) is 12.4 Å². The maximum absolute atomic E-state index is 5.17. The van der Waals surface area contributed by atoms with Crippen molar-refractivity contribution in [2.45, 2.75) is 17.7 Å². The zero-order valence-corrected chi connectivity index (χ0v) is 9.21. The van der Waals surface area contributed by atoms with E-state index in [1.807, 2.05) is 17.8 Å². The first-order valence-corrected chi connectivity index (χ1v) is 5.18. The summed E-state index contributed by atoms with van der Waals surface area (Å²) in [5, 5.41) is 0. The molecule has 1 aliphatic rings. The molecule has 0 unspecified atom stereocenters. The van der Waals surface area contributed by atoms with Crippen LogP contribution in [-0.2, 0) is 6.42 Å². The maximum Gasteiger partial charge on any atom is 0.119 e. The van der Waals surface area contributed by atoms with Gasteiger partial charge in [0.05, 0.1) is 7.11 Å². The van der Waals surface area contributed by atoms with E-state index in [4.69, 9.17) is 4.74 Å². The topological polar surface area (TPSA) is 9.23 Å². The van der Waals surface area contributed by atoms with E-state index in [1.165, 1.54) is 29.1 Å². The molecule has 0 N–H and O–H groups in total. The highest BCUT2D eigenvalue weighted by Gasteiger charge is 2.09. The molecule has 72 valence electrons. The molecule has 0 saturated heterocycles. The van der Waals surface area contributed by atoms with Gasteiger partial charge in [-0.1, -0.05) is 6.07 Å². The van der Waals surface area contributed by atoms with Gasteiger partial charge in [-0.2, -0.15) is 0 Å². The SMILES string of the molecule is COc1ccc2c(c1)SCCC2.Cl. The van der Waals surface area contributed by atoms with Crippen LogP contribution < -0.4 is 4.74 Å². The van der Waals surface area contributed by atoms with Crippen LogP contribution in [0.15, 0.2) is 23.1 Å². The molecular formula is C10H13ClOS. The number of rotatable bonds is 1. The Labute approximate surface area is 89.3 Å². The van der Waals surface area contributed by atoms with Gasteiger partial charge < -0.3 is 4.74 Å². The third kappa shape index (κ3) is 2.32. The second kappa shape index (κ2) is 4.77. The largest absolute Gasteiger partial charge is 0.497 e. The number of hydrogen-bond acceptors (Lipinski definition) is 2. The van der Waals surface area contributed by atoms with Crippen LogP contribution in [-0.4, -0.2) is 12.9 Å². The maximum atomic E-state index is 5.17. The van der Waals surface area contributed by atoms with E-state index in [0.717, 1.165) is 5.75 Å². The summed E-state index contributed by atoms with van der Waals surface area (Å²) in [6, 6.07) is 6.37. The van der Waals surface area contributed by atoms with Crippen LogP contribution in [0.25, 0.3) is 0 Å². The summed E-state index contributed by atoms with van der Waals surface area (Å²) in [4.78, 5) is 1.40. The number of methoxy groups -OCH3 is 1. The molecule has 1 aromatic rings. The van der Waals surface area contributed by atoms with Gasteiger partial charge in [0.15, 0.2) is 0 Å². The zero-order chi connectivity index (χ0) is 8.39. The molecule has 3 heteroatoms. The molecule has 0 amide bonds. The van der Waals surface area contributed by atoms with Crippen molar-refractivity contribution >= 4 is 24.2 Å². The first-order valence-electron chi connectivity index (χ1n) is 4.20. The minimum absolute atomic E-state index is 0. The predicted molar refractivity (Wildman–Crippen MR) is 59.3 cm³/mol. The number of fused-ring (bicyclic) bond motifs is 1. The minimum atomic E-state index is 0. The molecule has 0 atom stereocenters. The summed E-state index contributed by atoms with van der Waals surface area (Å²) in [5.74, 6) is 2.23. The molecule has 0 aromatic heterocycles. The first kappa shape index (κ1) is 10.7. The van der Waals surface area contributed by atoms with E-state index >= 15 is 0 Å². The Balaban J connectivity index is 0.000000845. The fraction of sp³-hybridized carbons (Fsp3) is 0.400. The molecule has 0 saturated carbocycles. The van der Waals surface area contributed by atoms with E-state index in [2.05, 4.69) is 12.1 Å².